The molecule has 4 aromatic rings. The lowest BCUT2D eigenvalue weighted by Gasteiger charge is -2.34. The smallest absolute Gasteiger partial charge is 0.264 e. The number of piperazine rings is 1. The number of benzene rings is 3. The lowest BCUT2D eigenvalue weighted by atomic mass is 10.2. The highest BCUT2D eigenvalue weighted by molar-refractivity contribution is 7.92. The summed E-state index contributed by atoms with van der Waals surface area (Å²) in [5.74, 6) is 1.30. The molecule has 1 amide bonds. The summed E-state index contributed by atoms with van der Waals surface area (Å²) in [4.78, 5) is 22.4. The molecule has 0 unspecified atom stereocenters. The SMILES string of the molecule is COc1ccc(OC)c2sc(N3CCN(CCNC(=O)c4ccc(S(=O)(=O)N5CCc6ccccc65)cc4)CC3)nc12. The summed E-state index contributed by atoms with van der Waals surface area (Å²) in [6.45, 7) is 5.01. The average molecular weight is 608 g/mol. The van der Waals surface area contributed by atoms with Crippen molar-refractivity contribution in [1.29, 1.82) is 0 Å². The van der Waals surface area contributed by atoms with Gasteiger partial charge >= 0.3 is 0 Å². The molecule has 1 N–H and O–H groups in total. The van der Waals surface area contributed by atoms with Crippen molar-refractivity contribution >= 4 is 48.3 Å². The first-order valence-corrected chi connectivity index (χ1v) is 16.1. The maximum atomic E-state index is 13.2. The molecule has 0 saturated carbocycles. The van der Waals surface area contributed by atoms with E-state index in [9.17, 15) is 13.2 Å². The topological polar surface area (TPSA) is 104 Å². The number of nitrogens with one attached hydrogen (secondary N) is 1. The predicted molar refractivity (Wildman–Crippen MR) is 165 cm³/mol. The van der Waals surface area contributed by atoms with Crippen molar-refractivity contribution in [3.8, 4) is 11.5 Å². The number of aromatic nitrogens is 1. The Labute approximate surface area is 249 Å². The van der Waals surface area contributed by atoms with Crippen molar-refractivity contribution in [2.75, 3.05) is 69.2 Å². The molecule has 6 rings (SSSR count). The summed E-state index contributed by atoms with van der Waals surface area (Å²) in [5, 5.41) is 3.91. The minimum absolute atomic E-state index is 0.179. The molecule has 220 valence electrons. The number of carbonyl (C=O) groups excluding carboxylic acids is 1. The van der Waals surface area contributed by atoms with Gasteiger partial charge in [0.25, 0.3) is 15.9 Å². The zero-order chi connectivity index (χ0) is 29.3. The van der Waals surface area contributed by atoms with Crippen LogP contribution < -0.4 is 24.0 Å². The lowest BCUT2D eigenvalue weighted by molar-refractivity contribution is 0.0947. The second-order valence-corrected chi connectivity index (χ2v) is 13.0. The van der Waals surface area contributed by atoms with Crippen LogP contribution in [0.15, 0.2) is 65.6 Å². The van der Waals surface area contributed by atoms with Gasteiger partial charge < -0.3 is 19.7 Å². The Morgan fingerprint density at radius 3 is 2.38 bits per heavy atom. The van der Waals surface area contributed by atoms with Crippen molar-refractivity contribution < 1.29 is 22.7 Å². The number of hydrogen-bond acceptors (Lipinski definition) is 9. The average Bonchev–Trinajstić information content (AvgIpc) is 3.67. The van der Waals surface area contributed by atoms with Gasteiger partial charge in [0.1, 0.15) is 21.7 Å². The number of methoxy groups -OCH3 is 2. The fourth-order valence-corrected chi connectivity index (χ4v) is 8.09. The van der Waals surface area contributed by atoms with Crippen LogP contribution in [0.3, 0.4) is 0 Å². The quantitative estimate of drug-likeness (QED) is 0.308. The molecule has 0 spiro atoms. The summed E-state index contributed by atoms with van der Waals surface area (Å²) in [7, 11) is -0.387. The third kappa shape index (κ3) is 5.37. The van der Waals surface area contributed by atoms with E-state index in [4.69, 9.17) is 14.5 Å². The van der Waals surface area contributed by atoms with Crippen molar-refractivity contribution in [2.24, 2.45) is 0 Å². The molecule has 12 heteroatoms. The van der Waals surface area contributed by atoms with E-state index in [2.05, 4.69) is 15.1 Å². The fourth-order valence-electron chi connectivity index (χ4n) is 5.47. The second kappa shape index (κ2) is 11.8. The normalized spacial score (nSPS) is 15.6. The highest BCUT2D eigenvalue weighted by atomic mass is 32.2. The van der Waals surface area contributed by atoms with Crippen LogP contribution in [0.2, 0.25) is 0 Å². The maximum Gasteiger partial charge on any atom is 0.264 e. The first kappa shape index (κ1) is 28.3. The molecule has 1 aromatic heterocycles. The summed E-state index contributed by atoms with van der Waals surface area (Å²) in [6, 6.07) is 17.5. The summed E-state index contributed by atoms with van der Waals surface area (Å²) < 4.78 is 39.9. The van der Waals surface area contributed by atoms with Crippen LogP contribution >= 0.6 is 11.3 Å². The number of sulfonamides is 1. The van der Waals surface area contributed by atoms with Gasteiger partial charge in [-0.15, -0.1) is 0 Å². The van der Waals surface area contributed by atoms with Gasteiger partial charge in [0, 0.05) is 51.4 Å². The van der Waals surface area contributed by atoms with Crippen LogP contribution in [0.1, 0.15) is 15.9 Å². The van der Waals surface area contributed by atoms with Crippen molar-refractivity contribution in [3.63, 3.8) is 0 Å². The third-order valence-electron chi connectivity index (χ3n) is 7.80. The molecule has 1 saturated heterocycles. The maximum absolute atomic E-state index is 13.2. The van der Waals surface area contributed by atoms with Gasteiger partial charge in [-0.1, -0.05) is 29.5 Å². The molecule has 3 heterocycles. The van der Waals surface area contributed by atoms with Crippen LogP contribution in [0.25, 0.3) is 10.2 Å². The molecule has 2 aliphatic rings. The standard InChI is InChI=1S/C30H33N5O5S2/c1-39-25-11-12-26(40-2)28-27(25)32-30(41-28)34-19-17-33(18-20-34)16-14-31-29(36)22-7-9-23(10-8-22)42(37,38)35-15-13-21-5-3-4-6-24(21)35/h3-12H,13-20H2,1-2H3,(H,31,36). The highest BCUT2D eigenvalue weighted by Crippen LogP contribution is 2.40. The van der Waals surface area contributed by atoms with Crippen LogP contribution in [0.4, 0.5) is 10.8 Å². The molecule has 0 bridgehead atoms. The molecule has 3 aromatic carbocycles. The summed E-state index contributed by atoms with van der Waals surface area (Å²) >= 11 is 1.61. The molecular weight excluding hydrogens is 574 g/mol. The van der Waals surface area contributed by atoms with E-state index in [0.717, 1.165) is 70.8 Å². The van der Waals surface area contributed by atoms with Gasteiger partial charge in [-0.05, 0) is 54.4 Å². The lowest BCUT2D eigenvalue weighted by Crippen LogP contribution is -2.48. The number of hydrogen-bond donors (Lipinski definition) is 1. The minimum atomic E-state index is -3.69. The molecule has 0 radical (unpaired) electrons. The summed E-state index contributed by atoms with van der Waals surface area (Å²) in [6.07, 6.45) is 0.692. The molecule has 10 nitrogen and oxygen atoms in total. The Bertz CT molecular complexity index is 1660. The molecular formula is C30H33N5O5S2. The summed E-state index contributed by atoms with van der Waals surface area (Å²) in [5.41, 5.74) is 2.99. The van der Waals surface area contributed by atoms with Crippen LogP contribution in [-0.2, 0) is 16.4 Å². The van der Waals surface area contributed by atoms with Crippen molar-refractivity contribution in [2.45, 2.75) is 11.3 Å². The second-order valence-electron chi connectivity index (χ2n) is 10.2. The molecule has 1 fully saturated rings. The van der Waals surface area contributed by atoms with E-state index in [0.29, 0.717) is 25.1 Å². The highest BCUT2D eigenvalue weighted by Gasteiger charge is 2.30. The van der Waals surface area contributed by atoms with Gasteiger partial charge in [0.05, 0.1) is 24.8 Å². The monoisotopic (exact) mass is 607 g/mol. The van der Waals surface area contributed by atoms with Crippen LogP contribution in [0.5, 0.6) is 11.5 Å². The van der Waals surface area contributed by atoms with E-state index >= 15 is 0 Å². The first-order chi connectivity index (χ1) is 20.4. The van der Waals surface area contributed by atoms with Gasteiger partial charge in [-0.3, -0.25) is 14.0 Å². The number of nitrogens with zero attached hydrogens (tertiary/aromatic N) is 4. The minimum Gasteiger partial charge on any atom is -0.495 e. The van der Waals surface area contributed by atoms with E-state index in [-0.39, 0.29) is 10.8 Å². The molecule has 0 atom stereocenters. The van der Waals surface area contributed by atoms with Gasteiger partial charge in [0.2, 0.25) is 0 Å². The number of thiazole rings is 1. The fraction of sp³-hybridized carbons (Fsp3) is 0.333. The predicted octanol–water partition coefficient (Wildman–Crippen LogP) is 3.62. The number of fused-ring (bicyclic) bond motifs is 2. The Kier molecular flexibility index (Phi) is 7.93. The van der Waals surface area contributed by atoms with Crippen LogP contribution in [0, 0.1) is 0 Å². The Hall–Kier alpha value is -3.87. The molecule has 2 aliphatic heterocycles. The van der Waals surface area contributed by atoms with E-state index in [1.807, 2.05) is 36.4 Å². The Morgan fingerprint density at radius 1 is 0.929 bits per heavy atom. The third-order valence-corrected chi connectivity index (χ3v) is 10.8. The Balaban J connectivity index is 1.00. The molecule has 42 heavy (non-hydrogen) atoms. The van der Waals surface area contributed by atoms with Crippen LogP contribution in [-0.4, -0.2) is 84.2 Å². The number of para-hydroxylation sites is 1. The van der Waals surface area contributed by atoms with Gasteiger partial charge in [-0.2, -0.15) is 0 Å². The zero-order valence-electron chi connectivity index (χ0n) is 23.6. The van der Waals surface area contributed by atoms with Crippen molar-refractivity contribution in [3.05, 3.63) is 71.8 Å². The van der Waals surface area contributed by atoms with E-state index < -0.39 is 10.0 Å². The molecule has 0 aliphatic carbocycles. The van der Waals surface area contributed by atoms with Gasteiger partial charge in [-0.25, -0.2) is 13.4 Å². The number of anilines is 2. The van der Waals surface area contributed by atoms with E-state index in [1.165, 1.54) is 16.4 Å². The number of amides is 1. The first-order valence-electron chi connectivity index (χ1n) is 13.9. The van der Waals surface area contributed by atoms with Gasteiger partial charge in [0.15, 0.2) is 5.13 Å². The number of ether oxygens (including phenoxy) is 2. The zero-order valence-corrected chi connectivity index (χ0v) is 25.2. The van der Waals surface area contributed by atoms with E-state index in [1.54, 1.807) is 37.7 Å². The number of carbonyl (C=O) groups is 1. The Morgan fingerprint density at radius 2 is 1.64 bits per heavy atom. The largest absolute Gasteiger partial charge is 0.495 e. The number of rotatable bonds is 9. The van der Waals surface area contributed by atoms with Crippen molar-refractivity contribution in [1.82, 2.24) is 15.2 Å².